The minimum Gasteiger partial charge on any atom is -0.493 e. The number of hydrogen-bond acceptors (Lipinski definition) is 5. The first-order chi connectivity index (χ1) is 17.3. The van der Waals surface area contributed by atoms with E-state index in [0.29, 0.717) is 25.9 Å². The Balaban J connectivity index is 1.55. The Labute approximate surface area is 222 Å². The molecule has 0 aliphatic carbocycles. The molecule has 3 amide bonds. The summed E-state index contributed by atoms with van der Waals surface area (Å²) in [5.74, 6) is -1.45. The van der Waals surface area contributed by atoms with E-state index in [0.717, 1.165) is 0 Å². The normalized spacial score (nSPS) is 14.1. The zero-order valence-corrected chi connectivity index (χ0v) is 21.9. The maximum absolute atomic E-state index is 13.1. The number of anilines is 2. The molecule has 11 heteroatoms. The predicted octanol–water partition coefficient (Wildman–Crippen LogP) is 4.84. The number of hydrogen-bond donors (Lipinski definition) is 2. The summed E-state index contributed by atoms with van der Waals surface area (Å²) in [4.78, 5) is 37.7. The molecule has 0 spiro atoms. The molecule has 8 nitrogen and oxygen atoms in total. The molecule has 1 fully saturated rings. The van der Waals surface area contributed by atoms with Crippen molar-refractivity contribution in [1.29, 1.82) is 0 Å². The van der Waals surface area contributed by atoms with Crippen LogP contribution in [0.5, 0.6) is 11.5 Å². The summed E-state index contributed by atoms with van der Waals surface area (Å²) in [6, 6.07) is 15.6. The number of ether oxygens (including phenoxy) is 2. The van der Waals surface area contributed by atoms with Gasteiger partial charge in [-0.2, -0.15) is 0 Å². The monoisotopic (exact) mass is 617 g/mol. The maximum atomic E-state index is 13.1. The van der Waals surface area contributed by atoms with Crippen LogP contribution >= 0.6 is 31.9 Å². The second kappa shape index (κ2) is 10.9. The predicted molar refractivity (Wildman–Crippen MR) is 139 cm³/mol. The number of carbonyl (C=O) groups is 3. The van der Waals surface area contributed by atoms with Gasteiger partial charge in [0.2, 0.25) is 0 Å². The highest BCUT2D eigenvalue weighted by Crippen LogP contribution is 2.43. The lowest BCUT2D eigenvalue weighted by atomic mass is 10.1. The van der Waals surface area contributed by atoms with Gasteiger partial charge in [-0.05, 0) is 86.0 Å². The smallest absolute Gasteiger partial charge is 0.282 e. The first kappa shape index (κ1) is 25.4. The number of nitrogens with one attached hydrogen (secondary N) is 2. The van der Waals surface area contributed by atoms with Crippen LogP contribution < -0.4 is 25.2 Å². The zero-order chi connectivity index (χ0) is 25.8. The summed E-state index contributed by atoms with van der Waals surface area (Å²) in [6.07, 6.45) is 1.43. The van der Waals surface area contributed by atoms with Gasteiger partial charge in [-0.3, -0.25) is 19.8 Å². The quantitative estimate of drug-likeness (QED) is 0.292. The van der Waals surface area contributed by atoms with E-state index in [1.54, 1.807) is 36.4 Å². The van der Waals surface area contributed by atoms with Gasteiger partial charge in [0, 0.05) is 10.2 Å². The Hall–Kier alpha value is -3.70. The SMILES string of the molecule is COc1cc(/C=C2/C(=O)NN(c3ccccc3)C2=O)c(Br)c(Br)c1OCC(=O)Nc1ccc(F)cc1. The van der Waals surface area contributed by atoms with E-state index in [2.05, 4.69) is 42.6 Å². The number of para-hydroxylation sites is 1. The molecule has 2 N–H and O–H groups in total. The number of amides is 3. The molecule has 0 unspecified atom stereocenters. The standard InChI is InChI=1S/C25H18Br2FN3O5/c1-35-19-12-14(11-18-24(33)30-31(25(18)34)17-5-3-2-4-6-17)21(26)22(27)23(19)36-13-20(32)29-16-9-7-15(28)8-10-16/h2-12H,13H2,1H3,(H,29,32)(H,30,33)/b18-11-. The molecule has 0 saturated carbocycles. The van der Waals surface area contributed by atoms with Crippen LogP contribution in [-0.2, 0) is 14.4 Å². The Morgan fingerprint density at radius 2 is 1.78 bits per heavy atom. The highest BCUT2D eigenvalue weighted by atomic mass is 79.9. The Morgan fingerprint density at radius 1 is 1.08 bits per heavy atom. The van der Waals surface area contributed by atoms with Crippen molar-refractivity contribution in [1.82, 2.24) is 5.43 Å². The van der Waals surface area contributed by atoms with Crippen LogP contribution in [0.1, 0.15) is 5.56 Å². The molecule has 0 aromatic heterocycles. The molecular formula is C25H18Br2FN3O5. The summed E-state index contributed by atoms with van der Waals surface area (Å²) >= 11 is 6.87. The molecule has 0 radical (unpaired) electrons. The van der Waals surface area contributed by atoms with Crippen molar-refractivity contribution in [2.45, 2.75) is 0 Å². The third-order valence-electron chi connectivity index (χ3n) is 5.06. The van der Waals surface area contributed by atoms with Crippen molar-refractivity contribution in [3.05, 3.63) is 86.6 Å². The molecule has 3 aromatic rings. The molecule has 0 bridgehead atoms. The summed E-state index contributed by atoms with van der Waals surface area (Å²) in [5.41, 5.74) is 3.89. The topological polar surface area (TPSA) is 97.0 Å². The van der Waals surface area contributed by atoms with Gasteiger partial charge >= 0.3 is 0 Å². The number of benzene rings is 3. The average Bonchev–Trinajstić information content (AvgIpc) is 3.16. The van der Waals surface area contributed by atoms with Gasteiger partial charge in [-0.15, -0.1) is 0 Å². The van der Waals surface area contributed by atoms with E-state index in [9.17, 15) is 18.8 Å². The minimum atomic E-state index is -0.552. The summed E-state index contributed by atoms with van der Waals surface area (Å²) in [7, 11) is 1.42. The molecule has 1 aliphatic rings. The van der Waals surface area contributed by atoms with E-state index in [1.807, 2.05) is 0 Å². The van der Waals surface area contributed by atoms with E-state index in [1.165, 1.54) is 42.5 Å². The van der Waals surface area contributed by atoms with E-state index in [-0.39, 0.29) is 23.7 Å². The molecule has 1 heterocycles. The van der Waals surface area contributed by atoms with Gasteiger partial charge < -0.3 is 14.8 Å². The van der Waals surface area contributed by atoms with Crippen molar-refractivity contribution in [3.8, 4) is 11.5 Å². The van der Waals surface area contributed by atoms with Gasteiger partial charge in [0.25, 0.3) is 17.7 Å². The lowest BCUT2D eigenvalue weighted by Gasteiger charge is -2.16. The highest BCUT2D eigenvalue weighted by molar-refractivity contribution is 9.13. The number of nitrogens with zero attached hydrogens (tertiary/aromatic N) is 1. The summed E-state index contributed by atoms with van der Waals surface area (Å²) in [5, 5.41) is 3.78. The second-order valence-corrected chi connectivity index (χ2v) is 9.03. The van der Waals surface area contributed by atoms with Crippen molar-refractivity contribution in [2.75, 3.05) is 24.0 Å². The number of hydrazine groups is 1. The van der Waals surface area contributed by atoms with Gasteiger partial charge in [-0.25, -0.2) is 9.40 Å². The lowest BCUT2D eigenvalue weighted by molar-refractivity contribution is -0.118. The minimum absolute atomic E-state index is 0.0687. The largest absolute Gasteiger partial charge is 0.493 e. The molecule has 1 aliphatic heterocycles. The van der Waals surface area contributed by atoms with Crippen LogP contribution in [0.25, 0.3) is 6.08 Å². The molecule has 4 rings (SSSR count). The Morgan fingerprint density at radius 3 is 2.44 bits per heavy atom. The van der Waals surface area contributed by atoms with Crippen LogP contribution in [0, 0.1) is 5.82 Å². The highest BCUT2D eigenvalue weighted by Gasteiger charge is 2.34. The van der Waals surface area contributed by atoms with Gasteiger partial charge in [0.05, 0.1) is 17.3 Å². The molecule has 36 heavy (non-hydrogen) atoms. The van der Waals surface area contributed by atoms with Gasteiger partial charge in [0.15, 0.2) is 18.1 Å². The Kier molecular flexibility index (Phi) is 7.70. The number of rotatable bonds is 7. The molecule has 1 saturated heterocycles. The Bertz CT molecular complexity index is 1360. The van der Waals surface area contributed by atoms with Crippen molar-refractivity contribution in [2.24, 2.45) is 0 Å². The second-order valence-electron chi connectivity index (χ2n) is 7.44. The molecule has 0 atom stereocenters. The van der Waals surface area contributed by atoms with Gasteiger partial charge in [0.1, 0.15) is 11.4 Å². The van der Waals surface area contributed by atoms with Crippen LogP contribution in [0.3, 0.4) is 0 Å². The van der Waals surface area contributed by atoms with Crippen molar-refractivity contribution < 1.29 is 28.2 Å². The van der Waals surface area contributed by atoms with Gasteiger partial charge in [-0.1, -0.05) is 18.2 Å². The lowest BCUT2D eigenvalue weighted by Crippen LogP contribution is -2.35. The zero-order valence-electron chi connectivity index (χ0n) is 18.7. The third kappa shape index (κ3) is 5.42. The van der Waals surface area contributed by atoms with E-state index in [4.69, 9.17) is 9.47 Å². The van der Waals surface area contributed by atoms with Crippen LogP contribution in [0.15, 0.2) is 75.2 Å². The van der Waals surface area contributed by atoms with Crippen LogP contribution in [-0.4, -0.2) is 31.4 Å². The fourth-order valence-corrected chi connectivity index (χ4v) is 4.28. The van der Waals surface area contributed by atoms with Crippen LogP contribution in [0.2, 0.25) is 0 Å². The van der Waals surface area contributed by atoms with Crippen LogP contribution in [0.4, 0.5) is 15.8 Å². The fraction of sp³-hybridized carbons (Fsp3) is 0.0800. The molecule has 184 valence electrons. The number of carbonyl (C=O) groups excluding carboxylic acids is 3. The summed E-state index contributed by atoms with van der Waals surface area (Å²) in [6.45, 7) is -0.355. The average molecular weight is 619 g/mol. The fourth-order valence-electron chi connectivity index (χ4n) is 3.34. The van der Waals surface area contributed by atoms with Crippen molar-refractivity contribution in [3.63, 3.8) is 0 Å². The first-order valence-electron chi connectivity index (χ1n) is 10.4. The maximum Gasteiger partial charge on any atom is 0.282 e. The van der Waals surface area contributed by atoms with E-state index < -0.39 is 23.5 Å². The number of methoxy groups -OCH3 is 1. The summed E-state index contributed by atoms with van der Waals surface area (Å²) < 4.78 is 25.0. The first-order valence-corrected chi connectivity index (χ1v) is 12.0. The number of halogens is 3. The molecular weight excluding hydrogens is 601 g/mol. The van der Waals surface area contributed by atoms with Crippen molar-refractivity contribution >= 4 is 67.0 Å². The molecule has 3 aromatic carbocycles. The van der Waals surface area contributed by atoms with E-state index >= 15 is 0 Å². The third-order valence-corrected chi connectivity index (χ3v) is 7.20.